The van der Waals surface area contributed by atoms with Gasteiger partial charge >= 0.3 is 0 Å². The number of amides is 1. The Balaban J connectivity index is 1.07. The molecule has 0 aliphatic carbocycles. The topological polar surface area (TPSA) is 63.5 Å². The van der Waals surface area contributed by atoms with Crippen LogP contribution in [0.15, 0.2) is 72.9 Å². The molecule has 42 heavy (non-hydrogen) atoms. The highest BCUT2D eigenvalue weighted by Gasteiger charge is 2.44. The van der Waals surface area contributed by atoms with Crippen molar-refractivity contribution in [3.8, 4) is 5.88 Å². The van der Waals surface area contributed by atoms with E-state index in [1.54, 1.807) is 13.3 Å². The van der Waals surface area contributed by atoms with Crippen molar-refractivity contribution < 1.29 is 9.53 Å². The van der Waals surface area contributed by atoms with E-state index in [1.807, 2.05) is 17.0 Å². The molecule has 4 aromatic rings. The Labute approximate surface area is 248 Å². The van der Waals surface area contributed by atoms with E-state index in [2.05, 4.69) is 76.0 Å². The Morgan fingerprint density at radius 2 is 1.64 bits per heavy atom. The number of imidazole rings is 1. The highest BCUT2D eigenvalue weighted by atomic mass is 16.5. The Morgan fingerprint density at radius 3 is 2.38 bits per heavy atom. The highest BCUT2D eigenvalue weighted by molar-refractivity contribution is 5.96. The number of carbonyl (C=O) groups is 1. The van der Waals surface area contributed by atoms with E-state index in [0.717, 1.165) is 50.2 Å². The van der Waals surface area contributed by atoms with Gasteiger partial charge in [0, 0.05) is 37.4 Å². The number of aryl methyl sites for hydroxylation is 1. The fourth-order valence-electron chi connectivity index (χ4n) is 8.29. The lowest BCUT2D eigenvalue weighted by Crippen LogP contribution is -2.49. The minimum absolute atomic E-state index is 0.0176. The minimum Gasteiger partial charge on any atom is -0.480 e. The molecule has 7 heteroatoms. The van der Waals surface area contributed by atoms with Crippen LogP contribution in [0.3, 0.4) is 0 Å². The number of likely N-dealkylation sites (tertiary alicyclic amines) is 1. The second kappa shape index (κ2) is 11.2. The molecule has 3 aliphatic heterocycles. The van der Waals surface area contributed by atoms with Gasteiger partial charge in [-0.3, -0.25) is 9.69 Å². The number of pyridine rings is 1. The van der Waals surface area contributed by atoms with Crippen LogP contribution in [0.4, 0.5) is 0 Å². The normalized spacial score (nSPS) is 23.8. The molecule has 0 spiro atoms. The standard InChI is InChI=1S/C35H41N5O2/c1-25-37-31-12-6-7-13-32(31)40(25)29-23-27-14-15-28(24-29)39(27)22-18-35(26-9-4-3-5-10-26)16-20-38(21-17-35)34(41)30-11-8-19-36-33(30)42-2/h3-13,19,27-29H,14-18,20-24H2,1-2H3/t27-,28+,29?. The number of carbonyl (C=O) groups excluding carboxylic acids is 1. The zero-order chi connectivity index (χ0) is 28.7. The van der Waals surface area contributed by atoms with Gasteiger partial charge in [-0.15, -0.1) is 0 Å². The zero-order valence-corrected chi connectivity index (χ0v) is 24.8. The summed E-state index contributed by atoms with van der Waals surface area (Å²) in [6, 6.07) is 25.0. The summed E-state index contributed by atoms with van der Waals surface area (Å²) in [5.41, 5.74) is 4.43. The average Bonchev–Trinajstić information content (AvgIpc) is 3.50. The maximum absolute atomic E-state index is 13.5. The van der Waals surface area contributed by atoms with E-state index >= 15 is 0 Å². The van der Waals surface area contributed by atoms with E-state index in [4.69, 9.17) is 9.72 Å². The summed E-state index contributed by atoms with van der Waals surface area (Å²) < 4.78 is 7.91. The number of fused-ring (bicyclic) bond motifs is 3. The number of methoxy groups -OCH3 is 1. The third-order valence-corrected chi connectivity index (χ3v) is 10.4. The molecule has 2 aromatic heterocycles. The van der Waals surface area contributed by atoms with Gasteiger partial charge < -0.3 is 14.2 Å². The summed E-state index contributed by atoms with van der Waals surface area (Å²) >= 11 is 0. The summed E-state index contributed by atoms with van der Waals surface area (Å²) in [6.07, 6.45) is 9.72. The number of rotatable bonds is 7. The molecule has 2 bridgehead atoms. The molecule has 0 N–H and O–H groups in total. The second-order valence-corrected chi connectivity index (χ2v) is 12.5. The summed E-state index contributed by atoms with van der Waals surface area (Å²) in [5.74, 6) is 1.56. The molecule has 0 radical (unpaired) electrons. The van der Waals surface area contributed by atoms with Crippen molar-refractivity contribution in [3.63, 3.8) is 0 Å². The number of hydrogen-bond donors (Lipinski definition) is 0. The molecule has 7 rings (SSSR count). The summed E-state index contributed by atoms with van der Waals surface area (Å²) in [7, 11) is 1.57. The van der Waals surface area contributed by atoms with Gasteiger partial charge in [0.1, 0.15) is 11.4 Å². The largest absolute Gasteiger partial charge is 0.480 e. The van der Waals surface area contributed by atoms with Crippen LogP contribution < -0.4 is 4.74 Å². The molecule has 218 valence electrons. The molecule has 3 atom stereocenters. The molecule has 2 aromatic carbocycles. The fraction of sp³-hybridized carbons (Fsp3) is 0.457. The molecule has 3 fully saturated rings. The fourth-order valence-corrected chi connectivity index (χ4v) is 8.29. The lowest BCUT2D eigenvalue weighted by atomic mass is 9.70. The third kappa shape index (κ3) is 4.77. The van der Waals surface area contributed by atoms with Crippen molar-refractivity contribution in [1.82, 2.24) is 24.3 Å². The number of piperidine rings is 2. The Kier molecular flexibility index (Phi) is 7.22. The Hall–Kier alpha value is -3.71. The van der Waals surface area contributed by atoms with E-state index < -0.39 is 0 Å². The van der Waals surface area contributed by atoms with Gasteiger partial charge in [-0.2, -0.15) is 0 Å². The van der Waals surface area contributed by atoms with Gasteiger partial charge in [0.05, 0.1) is 18.1 Å². The SMILES string of the molecule is COc1ncccc1C(=O)N1CCC(CCN2[C@@H]3CC[C@H]2CC(n2c(C)nc4ccccc42)C3)(c2ccccc2)CC1. The van der Waals surface area contributed by atoms with Crippen LogP contribution in [0.2, 0.25) is 0 Å². The highest BCUT2D eigenvalue weighted by Crippen LogP contribution is 2.45. The average molecular weight is 564 g/mol. The molecule has 3 saturated heterocycles. The van der Waals surface area contributed by atoms with Crippen LogP contribution in [0.5, 0.6) is 5.88 Å². The van der Waals surface area contributed by atoms with Crippen molar-refractivity contribution in [2.24, 2.45) is 0 Å². The molecule has 0 saturated carbocycles. The molecular formula is C35H41N5O2. The number of para-hydroxylation sites is 2. The molecule has 1 unspecified atom stereocenters. The third-order valence-electron chi connectivity index (χ3n) is 10.4. The molecular weight excluding hydrogens is 522 g/mol. The van der Waals surface area contributed by atoms with Crippen LogP contribution >= 0.6 is 0 Å². The van der Waals surface area contributed by atoms with Crippen LogP contribution in [-0.2, 0) is 5.41 Å². The zero-order valence-electron chi connectivity index (χ0n) is 24.8. The Morgan fingerprint density at radius 1 is 0.929 bits per heavy atom. The predicted octanol–water partition coefficient (Wildman–Crippen LogP) is 6.18. The molecule has 3 aliphatic rings. The predicted molar refractivity (Wildman–Crippen MR) is 165 cm³/mol. The first kappa shape index (κ1) is 27.1. The molecule has 5 heterocycles. The lowest BCUT2D eigenvalue weighted by molar-refractivity contribution is 0.0603. The van der Waals surface area contributed by atoms with Crippen molar-refractivity contribution >= 4 is 16.9 Å². The number of aromatic nitrogens is 3. The smallest absolute Gasteiger partial charge is 0.259 e. The van der Waals surface area contributed by atoms with Crippen LogP contribution in [0.25, 0.3) is 11.0 Å². The van der Waals surface area contributed by atoms with Gasteiger partial charge in [0.15, 0.2) is 0 Å². The van der Waals surface area contributed by atoms with Crippen molar-refractivity contribution in [2.45, 2.75) is 75.4 Å². The number of ether oxygens (including phenoxy) is 1. The summed E-state index contributed by atoms with van der Waals surface area (Å²) in [4.78, 5) is 27.4. The second-order valence-electron chi connectivity index (χ2n) is 12.5. The monoisotopic (exact) mass is 563 g/mol. The van der Waals surface area contributed by atoms with Crippen molar-refractivity contribution in [3.05, 3.63) is 89.9 Å². The number of benzene rings is 2. The van der Waals surface area contributed by atoms with Gasteiger partial charge in [-0.1, -0.05) is 42.5 Å². The van der Waals surface area contributed by atoms with Crippen LogP contribution in [0.1, 0.15) is 72.7 Å². The van der Waals surface area contributed by atoms with Gasteiger partial charge in [-0.05, 0) is 93.7 Å². The quantitative estimate of drug-likeness (QED) is 0.269. The maximum Gasteiger partial charge on any atom is 0.259 e. The maximum atomic E-state index is 13.5. The Bertz CT molecular complexity index is 1540. The first-order valence-electron chi connectivity index (χ1n) is 15.6. The first-order chi connectivity index (χ1) is 20.6. The van der Waals surface area contributed by atoms with Gasteiger partial charge in [-0.25, -0.2) is 9.97 Å². The van der Waals surface area contributed by atoms with E-state index in [9.17, 15) is 4.79 Å². The van der Waals surface area contributed by atoms with Crippen LogP contribution in [-0.4, -0.2) is 69.1 Å². The number of nitrogens with zero attached hydrogens (tertiary/aromatic N) is 5. The first-order valence-corrected chi connectivity index (χ1v) is 15.6. The van der Waals surface area contributed by atoms with E-state index in [0.29, 0.717) is 29.6 Å². The summed E-state index contributed by atoms with van der Waals surface area (Å²) in [5, 5.41) is 0. The van der Waals surface area contributed by atoms with Gasteiger partial charge in [0.2, 0.25) is 5.88 Å². The summed E-state index contributed by atoms with van der Waals surface area (Å²) in [6.45, 7) is 4.77. The van der Waals surface area contributed by atoms with Crippen LogP contribution in [0, 0.1) is 6.92 Å². The van der Waals surface area contributed by atoms with Crippen molar-refractivity contribution in [2.75, 3.05) is 26.7 Å². The van der Waals surface area contributed by atoms with E-state index in [-0.39, 0.29) is 11.3 Å². The molecule has 7 nitrogen and oxygen atoms in total. The lowest BCUT2D eigenvalue weighted by Gasteiger charge is -2.45. The number of hydrogen-bond acceptors (Lipinski definition) is 5. The van der Waals surface area contributed by atoms with E-state index in [1.165, 1.54) is 36.8 Å². The molecule has 1 amide bonds. The minimum atomic E-state index is 0.0176. The van der Waals surface area contributed by atoms with Crippen molar-refractivity contribution in [1.29, 1.82) is 0 Å². The van der Waals surface area contributed by atoms with Gasteiger partial charge in [0.25, 0.3) is 5.91 Å².